The predicted molar refractivity (Wildman–Crippen MR) is 95.9 cm³/mol. The van der Waals surface area contributed by atoms with Crippen molar-refractivity contribution in [2.24, 2.45) is 11.8 Å². The minimum atomic E-state index is -0.112. The summed E-state index contributed by atoms with van der Waals surface area (Å²) in [5.74, 6) is 0.0828. The summed E-state index contributed by atoms with van der Waals surface area (Å²) in [6.07, 6.45) is 5.07. The average Bonchev–Trinajstić information content (AvgIpc) is 3.46. The molecule has 3 rings (SSSR count). The van der Waals surface area contributed by atoms with Crippen LogP contribution in [0.3, 0.4) is 0 Å². The van der Waals surface area contributed by atoms with Crippen molar-refractivity contribution in [1.82, 2.24) is 19.7 Å². The van der Waals surface area contributed by atoms with Gasteiger partial charge >= 0.3 is 0 Å². The second-order valence-electron chi connectivity index (χ2n) is 7.07. The van der Waals surface area contributed by atoms with E-state index in [2.05, 4.69) is 16.8 Å². The summed E-state index contributed by atoms with van der Waals surface area (Å²) >= 11 is 0. The Hall–Kier alpha value is -1.95. The molecule has 25 heavy (non-hydrogen) atoms. The van der Waals surface area contributed by atoms with Gasteiger partial charge in [-0.2, -0.15) is 0 Å². The van der Waals surface area contributed by atoms with Gasteiger partial charge in [-0.25, -0.2) is 0 Å². The summed E-state index contributed by atoms with van der Waals surface area (Å²) in [5.41, 5.74) is 1.17. The molecular formula is C19H28N4O2. The van der Waals surface area contributed by atoms with Gasteiger partial charge in [0, 0.05) is 52.2 Å². The van der Waals surface area contributed by atoms with Gasteiger partial charge in [0.1, 0.15) is 0 Å². The molecule has 6 nitrogen and oxygen atoms in total. The number of hydrogen-bond acceptors (Lipinski definition) is 4. The number of rotatable bonds is 6. The summed E-state index contributed by atoms with van der Waals surface area (Å²) in [7, 11) is 1.84. The Labute approximate surface area is 149 Å². The third-order valence-electron chi connectivity index (χ3n) is 5.42. The first-order valence-electron chi connectivity index (χ1n) is 9.25. The van der Waals surface area contributed by atoms with Crippen molar-refractivity contribution < 1.29 is 9.59 Å². The molecule has 2 fully saturated rings. The number of amides is 2. The van der Waals surface area contributed by atoms with Crippen molar-refractivity contribution in [3.8, 4) is 0 Å². The Morgan fingerprint density at radius 3 is 2.48 bits per heavy atom. The Morgan fingerprint density at radius 2 is 1.84 bits per heavy atom. The third-order valence-corrected chi connectivity index (χ3v) is 5.42. The second-order valence-corrected chi connectivity index (χ2v) is 7.07. The maximum Gasteiger partial charge on any atom is 0.226 e. The maximum atomic E-state index is 12.6. The lowest BCUT2D eigenvalue weighted by atomic mass is 10.2. The van der Waals surface area contributed by atoms with E-state index in [-0.39, 0.29) is 23.7 Å². The Kier molecular flexibility index (Phi) is 5.68. The predicted octanol–water partition coefficient (Wildman–Crippen LogP) is 0.883. The van der Waals surface area contributed by atoms with Gasteiger partial charge in [0.25, 0.3) is 0 Å². The van der Waals surface area contributed by atoms with Crippen molar-refractivity contribution >= 4 is 11.8 Å². The van der Waals surface area contributed by atoms with Crippen LogP contribution in [0.15, 0.2) is 24.5 Å². The molecule has 0 radical (unpaired) electrons. The number of aromatic nitrogens is 1. The average molecular weight is 344 g/mol. The van der Waals surface area contributed by atoms with Crippen LogP contribution in [0.5, 0.6) is 0 Å². The van der Waals surface area contributed by atoms with Gasteiger partial charge in [-0.15, -0.1) is 0 Å². The van der Waals surface area contributed by atoms with Crippen molar-refractivity contribution in [2.45, 2.75) is 19.8 Å². The molecule has 0 bridgehead atoms. The first-order chi connectivity index (χ1) is 12.1. The highest BCUT2D eigenvalue weighted by Crippen LogP contribution is 2.41. The van der Waals surface area contributed by atoms with Gasteiger partial charge in [-0.1, -0.05) is 6.92 Å². The number of carbonyl (C=O) groups is 2. The molecule has 0 spiro atoms. The molecule has 0 N–H and O–H groups in total. The van der Waals surface area contributed by atoms with Gasteiger partial charge in [0.2, 0.25) is 11.8 Å². The fourth-order valence-electron chi connectivity index (χ4n) is 3.50. The van der Waals surface area contributed by atoms with Crippen LogP contribution in [0, 0.1) is 11.8 Å². The first kappa shape index (κ1) is 17.9. The molecule has 1 aliphatic heterocycles. The number of likely N-dealkylation sites (N-methyl/N-ethyl adjacent to an activating group) is 2. The molecule has 1 saturated carbocycles. The monoisotopic (exact) mass is 344 g/mol. The van der Waals surface area contributed by atoms with Crippen molar-refractivity contribution in [3.63, 3.8) is 0 Å². The molecule has 0 aromatic carbocycles. The van der Waals surface area contributed by atoms with E-state index in [1.54, 1.807) is 17.3 Å². The largest absolute Gasteiger partial charge is 0.345 e. The van der Waals surface area contributed by atoms with Gasteiger partial charge in [-0.05, 0) is 37.1 Å². The Balaban J connectivity index is 1.44. The number of hydrogen-bond donors (Lipinski definition) is 0. The summed E-state index contributed by atoms with van der Waals surface area (Å²) < 4.78 is 0. The minimum absolute atomic E-state index is 0.0935. The molecule has 1 aromatic heterocycles. The van der Waals surface area contributed by atoms with Crippen LogP contribution in [-0.4, -0.2) is 77.8 Å². The Bertz CT molecular complexity index is 599. The lowest BCUT2D eigenvalue weighted by Crippen LogP contribution is -2.49. The van der Waals surface area contributed by atoms with Crippen LogP contribution < -0.4 is 0 Å². The molecule has 1 saturated heterocycles. The van der Waals surface area contributed by atoms with E-state index in [9.17, 15) is 9.59 Å². The normalized spacial score (nSPS) is 23.4. The standard InChI is InChI=1S/C19H28N4O2/c1-3-22-10-12-23(13-11-22)19(25)17-14-16(17)18(24)21(2)9-6-15-4-7-20-8-5-15/h4-5,7-8,16-17H,3,6,9-14H2,1-2H3. The molecule has 2 unspecified atom stereocenters. The van der Waals surface area contributed by atoms with Crippen LogP contribution in [0.25, 0.3) is 0 Å². The van der Waals surface area contributed by atoms with E-state index in [0.717, 1.165) is 39.1 Å². The van der Waals surface area contributed by atoms with E-state index in [1.807, 2.05) is 24.1 Å². The zero-order valence-corrected chi connectivity index (χ0v) is 15.2. The smallest absolute Gasteiger partial charge is 0.226 e. The SMILES string of the molecule is CCN1CCN(C(=O)C2CC2C(=O)N(C)CCc2ccncc2)CC1. The molecular weight excluding hydrogens is 316 g/mol. The summed E-state index contributed by atoms with van der Waals surface area (Å²) in [6, 6.07) is 3.94. The van der Waals surface area contributed by atoms with Crippen LogP contribution in [0.4, 0.5) is 0 Å². The fourth-order valence-corrected chi connectivity index (χ4v) is 3.50. The van der Waals surface area contributed by atoms with Crippen LogP contribution in [0.1, 0.15) is 18.9 Å². The number of pyridine rings is 1. The van der Waals surface area contributed by atoms with Crippen molar-refractivity contribution in [2.75, 3.05) is 46.3 Å². The quantitative estimate of drug-likeness (QED) is 0.769. The van der Waals surface area contributed by atoms with Crippen molar-refractivity contribution in [3.05, 3.63) is 30.1 Å². The zero-order valence-electron chi connectivity index (χ0n) is 15.2. The minimum Gasteiger partial charge on any atom is -0.345 e. The lowest BCUT2D eigenvalue weighted by molar-refractivity contribution is -0.138. The number of nitrogens with zero attached hydrogens (tertiary/aromatic N) is 4. The van der Waals surface area contributed by atoms with Crippen molar-refractivity contribution in [1.29, 1.82) is 0 Å². The van der Waals surface area contributed by atoms with Gasteiger partial charge in [-0.3, -0.25) is 14.6 Å². The molecule has 6 heteroatoms. The molecule has 1 aromatic rings. The van der Waals surface area contributed by atoms with Gasteiger partial charge in [0.15, 0.2) is 0 Å². The molecule has 2 heterocycles. The highest BCUT2D eigenvalue weighted by atomic mass is 16.2. The zero-order chi connectivity index (χ0) is 17.8. The van der Waals surface area contributed by atoms with Gasteiger partial charge < -0.3 is 14.7 Å². The van der Waals surface area contributed by atoms with E-state index in [4.69, 9.17) is 0 Å². The number of carbonyl (C=O) groups excluding carboxylic acids is 2. The molecule has 1 aliphatic carbocycles. The van der Waals surface area contributed by atoms with Crippen LogP contribution in [-0.2, 0) is 16.0 Å². The van der Waals surface area contributed by atoms with Gasteiger partial charge in [0.05, 0.1) is 11.8 Å². The highest BCUT2D eigenvalue weighted by molar-refractivity contribution is 5.92. The first-order valence-corrected chi connectivity index (χ1v) is 9.25. The van der Waals surface area contributed by atoms with E-state index >= 15 is 0 Å². The number of piperazine rings is 1. The lowest BCUT2D eigenvalue weighted by Gasteiger charge is -2.34. The molecule has 2 aliphatic rings. The second kappa shape index (κ2) is 7.95. The van der Waals surface area contributed by atoms with Crippen LogP contribution in [0.2, 0.25) is 0 Å². The maximum absolute atomic E-state index is 12.6. The van der Waals surface area contributed by atoms with Crippen LogP contribution >= 0.6 is 0 Å². The molecule has 136 valence electrons. The fraction of sp³-hybridized carbons (Fsp3) is 0.632. The van der Waals surface area contributed by atoms with E-state index < -0.39 is 0 Å². The van der Waals surface area contributed by atoms with E-state index in [0.29, 0.717) is 13.0 Å². The topological polar surface area (TPSA) is 56.8 Å². The summed E-state index contributed by atoms with van der Waals surface area (Å²) in [5, 5.41) is 0. The molecule has 2 amide bonds. The molecule has 2 atom stereocenters. The Morgan fingerprint density at radius 1 is 1.16 bits per heavy atom. The third kappa shape index (κ3) is 4.37. The summed E-state index contributed by atoms with van der Waals surface area (Å²) in [4.78, 5) is 35.2. The highest BCUT2D eigenvalue weighted by Gasteiger charge is 2.50. The summed E-state index contributed by atoms with van der Waals surface area (Å²) in [6.45, 7) is 7.34. The van der Waals surface area contributed by atoms with E-state index in [1.165, 1.54) is 5.56 Å².